The zero-order chi connectivity index (χ0) is 13.7. The molecule has 0 aliphatic rings. The van der Waals surface area contributed by atoms with Gasteiger partial charge in [-0.2, -0.15) is 0 Å². The van der Waals surface area contributed by atoms with E-state index in [2.05, 4.69) is 22.6 Å². The molecule has 0 fully saturated rings. The number of ether oxygens (including phenoxy) is 1. The minimum absolute atomic E-state index is 0.327. The van der Waals surface area contributed by atoms with Crippen LogP contribution in [-0.4, -0.2) is 28.6 Å². The van der Waals surface area contributed by atoms with E-state index in [0.717, 1.165) is 18.7 Å². The number of hydrogen-bond acceptors (Lipinski definition) is 4. The summed E-state index contributed by atoms with van der Waals surface area (Å²) in [6, 6.07) is 4.51. The minimum Gasteiger partial charge on any atom is -0.497 e. The first-order valence-corrected chi connectivity index (χ1v) is 6.20. The Morgan fingerprint density at radius 3 is 3.00 bits per heavy atom. The monoisotopic (exact) mass is 264 g/mol. The average Bonchev–Trinajstić information content (AvgIpc) is 2.88. The lowest BCUT2D eigenvalue weighted by molar-refractivity contribution is 0.413. The van der Waals surface area contributed by atoms with Gasteiger partial charge < -0.3 is 10.1 Å². The molecule has 0 atom stereocenters. The number of benzene rings is 1. The number of methoxy groups -OCH3 is 1. The van der Waals surface area contributed by atoms with Gasteiger partial charge in [-0.3, -0.25) is 0 Å². The number of hydrogen-bond donors (Lipinski definition) is 1. The van der Waals surface area contributed by atoms with E-state index in [1.54, 1.807) is 25.4 Å². The Kier molecular flexibility index (Phi) is 4.46. The van der Waals surface area contributed by atoms with Gasteiger partial charge in [-0.25, -0.2) is 9.07 Å². The molecule has 0 amide bonds. The van der Waals surface area contributed by atoms with Gasteiger partial charge >= 0.3 is 0 Å². The SMILES string of the molecule is CCCNCc1cn(-c2cc(OC)ccc2F)nn1. The Labute approximate surface area is 111 Å². The molecule has 0 unspecified atom stereocenters. The third-order valence-electron chi connectivity index (χ3n) is 2.67. The van der Waals surface area contributed by atoms with E-state index in [1.165, 1.54) is 10.7 Å². The molecule has 6 heteroatoms. The van der Waals surface area contributed by atoms with Crippen molar-refractivity contribution in [2.75, 3.05) is 13.7 Å². The minimum atomic E-state index is -0.362. The number of rotatable bonds is 6. The molecule has 0 spiro atoms. The van der Waals surface area contributed by atoms with Gasteiger partial charge in [0.25, 0.3) is 0 Å². The van der Waals surface area contributed by atoms with Crippen LogP contribution in [0.5, 0.6) is 5.75 Å². The Morgan fingerprint density at radius 1 is 1.42 bits per heavy atom. The highest BCUT2D eigenvalue weighted by Gasteiger charge is 2.09. The smallest absolute Gasteiger partial charge is 0.149 e. The summed E-state index contributed by atoms with van der Waals surface area (Å²) in [6.07, 6.45) is 2.76. The van der Waals surface area contributed by atoms with Crippen molar-refractivity contribution < 1.29 is 9.13 Å². The average molecular weight is 264 g/mol. The second kappa shape index (κ2) is 6.29. The molecule has 1 heterocycles. The predicted molar refractivity (Wildman–Crippen MR) is 69.9 cm³/mol. The van der Waals surface area contributed by atoms with Gasteiger partial charge in [0.05, 0.1) is 19.0 Å². The Hall–Kier alpha value is -1.95. The lowest BCUT2D eigenvalue weighted by Gasteiger charge is -2.05. The molecule has 0 bridgehead atoms. The van der Waals surface area contributed by atoms with Crippen LogP contribution in [0.4, 0.5) is 4.39 Å². The molecule has 1 aromatic heterocycles. The predicted octanol–water partition coefficient (Wildman–Crippen LogP) is 1.91. The molecular weight excluding hydrogens is 247 g/mol. The first kappa shape index (κ1) is 13.5. The van der Waals surface area contributed by atoms with E-state index in [4.69, 9.17) is 4.74 Å². The number of halogens is 1. The molecule has 0 radical (unpaired) electrons. The van der Waals surface area contributed by atoms with Gasteiger partial charge in [0.2, 0.25) is 0 Å². The van der Waals surface area contributed by atoms with Crippen LogP contribution in [0.2, 0.25) is 0 Å². The molecule has 0 saturated carbocycles. The maximum atomic E-state index is 13.7. The first-order valence-electron chi connectivity index (χ1n) is 6.20. The quantitative estimate of drug-likeness (QED) is 0.810. The third-order valence-corrected chi connectivity index (χ3v) is 2.67. The molecule has 5 nitrogen and oxygen atoms in total. The standard InChI is InChI=1S/C13H17FN4O/c1-3-6-15-8-10-9-18(17-16-10)13-7-11(19-2)4-5-12(13)14/h4-5,7,9,15H,3,6,8H2,1-2H3. The molecule has 0 saturated heterocycles. The topological polar surface area (TPSA) is 52.0 Å². The summed E-state index contributed by atoms with van der Waals surface area (Å²) in [5.74, 6) is 0.219. The first-order chi connectivity index (χ1) is 9.24. The molecule has 102 valence electrons. The fraction of sp³-hybridized carbons (Fsp3) is 0.385. The van der Waals surface area contributed by atoms with Gasteiger partial charge in [0.1, 0.15) is 17.3 Å². The number of nitrogens with zero attached hydrogens (tertiary/aromatic N) is 3. The summed E-state index contributed by atoms with van der Waals surface area (Å²) in [5.41, 5.74) is 1.10. The maximum absolute atomic E-state index is 13.7. The summed E-state index contributed by atoms with van der Waals surface area (Å²) in [4.78, 5) is 0. The van der Waals surface area contributed by atoms with Crippen LogP contribution in [0.15, 0.2) is 24.4 Å². The Morgan fingerprint density at radius 2 is 2.26 bits per heavy atom. The van der Waals surface area contributed by atoms with Gasteiger partial charge in [-0.1, -0.05) is 12.1 Å². The van der Waals surface area contributed by atoms with E-state index < -0.39 is 0 Å². The van der Waals surface area contributed by atoms with E-state index in [-0.39, 0.29) is 5.82 Å². The molecule has 19 heavy (non-hydrogen) atoms. The van der Waals surface area contributed by atoms with Crippen molar-refractivity contribution in [3.05, 3.63) is 35.9 Å². The van der Waals surface area contributed by atoms with Crippen molar-refractivity contribution in [2.45, 2.75) is 19.9 Å². The highest BCUT2D eigenvalue weighted by molar-refractivity contribution is 5.40. The van der Waals surface area contributed by atoms with Crippen molar-refractivity contribution in [2.24, 2.45) is 0 Å². The van der Waals surface area contributed by atoms with Gasteiger partial charge in [-0.15, -0.1) is 5.10 Å². The van der Waals surface area contributed by atoms with E-state index in [9.17, 15) is 4.39 Å². The Bertz CT molecular complexity index is 541. The van der Waals surface area contributed by atoms with Crippen molar-refractivity contribution >= 4 is 0 Å². The van der Waals surface area contributed by atoms with Crippen LogP contribution in [0.3, 0.4) is 0 Å². The van der Waals surface area contributed by atoms with Gasteiger partial charge in [0.15, 0.2) is 0 Å². The lowest BCUT2D eigenvalue weighted by atomic mass is 10.3. The molecule has 2 rings (SSSR count). The second-order valence-corrected chi connectivity index (χ2v) is 4.15. The number of nitrogens with one attached hydrogen (secondary N) is 1. The molecule has 0 aliphatic heterocycles. The van der Waals surface area contributed by atoms with E-state index in [1.807, 2.05) is 0 Å². The van der Waals surface area contributed by atoms with Crippen molar-refractivity contribution in [3.8, 4) is 11.4 Å². The third kappa shape index (κ3) is 3.29. The maximum Gasteiger partial charge on any atom is 0.149 e. The van der Waals surface area contributed by atoms with Crippen molar-refractivity contribution in [1.29, 1.82) is 0 Å². The normalized spacial score (nSPS) is 10.7. The van der Waals surface area contributed by atoms with Crippen LogP contribution in [0.25, 0.3) is 5.69 Å². The molecule has 1 N–H and O–H groups in total. The van der Waals surface area contributed by atoms with Gasteiger partial charge in [0, 0.05) is 12.6 Å². The highest BCUT2D eigenvalue weighted by atomic mass is 19.1. The molecule has 2 aromatic rings. The van der Waals surface area contributed by atoms with Crippen LogP contribution in [0, 0.1) is 5.82 Å². The fourth-order valence-corrected chi connectivity index (χ4v) is 1.69. The van der Waals surface area contributed by atoms with Crippen molar-refractivity contribution in [1.82, 2.24) is 20.3 Å². The lowest BCUT2D eigenvalue weighted by Crippen LogP contribution is -2.13. The molecular formula is C13H17FN4O. The summed E-state index contributed by atoms with van der Waals surface area (Å²) < 4.78 is 20.2. The van der Waals surface area contributed by atoms with Crippen LogP contribution in [-0.2, 0) is 6.54 Å². The van der Waals surface area contributed by atoms with Crippen LogP contribution >= 0.6 is 0 Å². The Balaban J connectivity index is 2.17. The summed E-state index contributed by atoms with van der Waals surface area (Å²) in [5, 5.41) is 11.2. The summed E-state index contributed by atoms with van der Waals surface area (Å²) in [6.45, 7) is 3.63. The summed E-state index contributed by atoms with van der Waals surface area (Å²) in [7, 11) is 1.54. The van der Waals surface area contributed by atoms with E-state index in [0.29, 0.717) is 18.0 Å². The van der Waals surface area contributed by atoms with Crippen LogP contribution in [0.1, 0.15) is 19.0 Å². The van der Waals surface area contributed by atoms with Crippen molar-refractivity contribution in [3.63, 3.8) is 0 Å². The zero-order valence-electron chi connectivity index (χ0n) is 11.1. The molecule has 0 aliphatic carbocycles. The largest absolute Gasteiger partial charge is 0.497 e. The van der Waals surface area contributed by atoms with E-state index >= 15 is 0 Å². The van der Waals surface area contributed by atoms with Gasteiger partial charge in [-0.05, 0) is 25.1 Å². The highest BCUT2D eigenvalue weighted by Crippen LogP contribution is 2.19. The number of aromatic nitrogens is 3. The summed E-state index contributed by atoms with van der Waals surface area (Å²) >= 11 is 0. The van der Waals surface area contributed by atoms with Crippen LogP contribution < -0.4 is 10.1 Å². The second-order valence-electron chi connectivity index (χ2n) is 4.15. The fourth-order valence-electron chi connectivity index (χ4n) is 1.69. The zero-order valence-corrected chi connectivity index (χ0v) is 11.1. The molecule has 1 aromatic carbocycles.